The van der Waals surface area contributed by atoms with Crippen molar-refractivity contribution in [1.82, 2.24) is 9.97 Å². The molecule has 9 heteroatoms. The van der Waals surface area contributed by atoms with E-state index in [2.05, 4.69) is 15.3 Å². The maximum absolute atomic E-state index is 11.8. The van der Waals surface area contributed by atoms with Crippen molar-refractivity contribution < 1.29 is 19.2 Å². The molecule has 0 saturated carbocycles. The summed E-state index contributed by atoms with van der Waals surface area (Å²) in [5.41, 5.74) is -0.257. The van der Waals surface area contributed by atoms with Gasteiger partial charge in [0.1, 0.15) is 17.2 Å². The highest BCUT2D eigenvalue weighted by Gasteiger charge is 2.17. The Morgan fingerprint density at radius 1 is 1.28 bits per heavy atom. The lowest BCUT2D eigenvalue weighted by molar-refractivity contribution is -0.389. The summed E-state index contributed by atoms with van der Waals surface area (Å²) in [4.78, 5) is 29.8. The van der Waals surface area contributed by atoms with Crippen LogP contribution in [0.3, 0.4) is 0 Å². The highest BCUT2D eigenvalue weighted by Crippen LogP contribution is 2.26. The van der Waals surface area contributed by atoms with Gasteiger partial charge in [0, 0.05) is 25.3 Å². The lowest BCUT2D eigenvalue weighted by Gasteiger charge is -2.19. The zero-order valence-corrected chi connectivity index (χ0v) is 14.3. The molecule has 0 unspecified atom stereocenters. The van der Waals surface area contributed by atoms with Gasteiger partial charge in [-0.15, -0.1) is 0 Å². The Hall–Kier alpha value is -3.23. The molecule has 0 saturated heterocycles. The predicted molar refractivity (Wildman–Crippen MR) is 89.8 cm³/mol. The first-order valence-electron chi connectivity index (χ1n) is 7.40. The molecule has 0 aliphatic heterocycles. The van der Waals surface area contributed by atoms with Gasteiger partial charge in [-0.05, 0) is 42.8 Å². The van der Waals surface area contributed by atoms with Crippen molar-refractivity contribution in [3.8, 4) is 11.5 Å². The quantitative estimate of drug-likeness (QED) is 0.660. The number of carbonyl (C=O) groups is 1. The summed E-state index contributed by atoms with van der Waals surface area (Å²) in [5, 5.41) is 13.2. The number of pyridine rings is 2. The van der Waals surface area contributed by atoms with Crippen LogP contribution in [0.4, 0.5) is 16.4 Å². The molecular formula is C16H18N4O5. The fourth-order valence-electron chi connectivity index (χ4n) is 1.82. The summed E-state index contributed by atoms with van der Waals surface area (Å²) < 4.78 is 10.8. The Bertz CT molecular complexity index is 801. The third-order valence-electron chi connectivity index (χ3n) is 2.80. The molecule has 0 bridgehead atoms. The molecule has 0 radical (unpaired) electrons. The minimum Gasteiger partial charge on any atom is -0.453 e. The van der Waals surface area contributed by atoms with Gasteiger partial charge in [-0.3, -0.25) is 5.32 Å². The number of amides is 1. The van der Waals surface area contributed by atoms with Crippen LogP contribution in [0.25, 0.3) is 0 Å². The third kappa shape index (κ3) is 5.41. The van der Waals surface area contributed by atoms with E-state index in [0.29, 0.717) is 17.2 Å². The van der Waals surface area contributed by atoms with E-state index < -0.39 is 16.6 Å². The van der Waals surface area contributed by atoms with Crippen molar-refractivity contribution in [2.24, 2.45) is 0 Å². The van der Waals surface area contributed by atoms with Gasteiger partial charge in [0.2, 0.25) is 0 Å². The molecule has 2 rings (SSSR count). The zero-order chi connectivity index (χ0) is 18.6. The number of nitrogens with zero attached hydrogens (tertiary/aromatic N) is 3. The van der Waals surface area contributed by atoms with Crippen LogP contribution in [0.1, 0.15) is 26.5 Å². The molecule has 9 nitrogen and oxygen atoms in total. The molecule has 132 valence electrons. The van der Waals surface area contributed by atoms with Crippen LogP contribution in [0.2, 0.25) is 0 Å². The van der Waals surface area contributed by atoms with Crippen LogP contribution < -0.4 is 10.1 Å². The summed E-state index contributed by atoms with van der Waals surface area (Å²) in [6.45, 7) is 6.86. The lowest BCUT2D eigenvalue weighted by atomic mass is 10.2. The zero-order valence-electron chi connectivity index (χ0n) is 14.3. The van der Waals surface area contributed by atoms with Crippen LogP contribution in [0.15, 0.2) is 30.5 Å². The normalized spacial score (nSPS) is 10.9. The Labute approximate surface area is 144 Å². The highest BCUT2D eigenvalue weighted by atomic mass is 16.6. The van der Waals surface area contributed by atoms with E-state index in [9.17, 15) is 14.9 Å². The predicted octanol–water partition coefficient (Wildman–Crippen LogP) is 3.83. The largest absolute Gasteiger partial charge is 0.453 e. The second kappa shape index (κ2) is 7.12. The molecular weight excluding hydrogens is 328 g/mol. The van der Waals surface area contributed by atoms with Crippen LogP contribution in [0, 0.1) is 17.0 Å². The lowest BCUT2D eigenvalue weighted by Crippen LogP contribution is -2.27. The number of aryl methyl sites for hydroxylation is 1. The van der Waals surface area contributed by atoms with E-state index in [0.717, 1.165) is 0 Å². The number of aromatic nitrogens is 2. The first kappa shape index (κ1) is 18.1. The molecule has 0 atom stereocenters. The summed E-state index contributed by atoms with van der Waals surface area (Å²) in [5.74, 6) is 0.742. The number of anilines is 1. The van der Waals surface area contributed by atoms with Crippen molar-refractivity contribution >= 4 is 17.7 Å². The molecule has 0 aromatic carbocycles. The average molecular weight is 346 g/mol. The Balaban J connectivity index is 2.11. The smallest absolute Gasteiger partial charge is 0.413 e. The Morgan fingerprint density at radius 3 is 2.60 bits per heavy atom. The van der Waals surface area contributed by atoms with E-state index >= 15 is 0 Å². The molecule has 2 heterocycles. The second-order valence-electron chi connectivity index (χ2n) is 6.12. The van der Waals surface area contributed by atoms with Crippen molar-refractivity contribution in [3.63, 3.8) is 0 Å². The van der Waals surface area contributed by atoms with E-state index in [1.54, 1.807) is 33.8 Å². The SMILES string of the molecule is Cc1nc([N+](=O)[O-])ccc1Oc1ccnc(NC(=O)OC(C)(C)C)c1. The van der Waals surface area contributed by atoms with E-state index in [1.807, 2.05) is 0 Å². The first-order valence-corrected chi connectivity index (χ1v) is 7.40. The molecule has 25 heavy (non-hydrogen) atoms. The summed E-state index contributed by atoms with van der Waals surface area (Å²) in [7, 11) is 0. The van der Waals surface area contributed by atoms with Crippen molar-refractivity contribution in [2.45, 2.75) is 33.3 Å². The van der Waals surface area contributed by atoms with E-state index in [1.165, 1.54) is 24.4 Å². The van der Waals surface area contributed by atoms with Gasteiger partial charge in [0.15, 0.2) is 11.4 Å². The number of hydrogen-bond acceptors (Lipinski definition) is 7. The van der Waals surface area contributed by atoms with Crippen LogP contribution in [-0.4, -0.2) is 26.6 Å². The van der Waals surface area contributed by atoms with Crippen LogP contribution in [-0.2, 0) is 4.74 Å². The van der Waals surface area contributed by atoms with Gasteiger partial charge in [0.05, 0.1) is 0 Å². The van der Waals surface area contributed by atoms with Gasteiger partial charge in [-0.2, -0.15) is 0 Å². The van der Waals surface area contributed by atoms with Gasteiger partial charge in [0.25, 0.3) is 0 Å². The van der Waals surface area contributed by atoms with Gasteiger partial charge < -0.3 is 19.6 Å². The molecule has 1 N–H and O–H groups in total. The number of hydrogen-bond donors (Lipinski definition) is 1. The van der Waals surface area contributed by atoms with Crippen molar-refractivity contribution in [3.05, 3.63) is 46.3 Å². The monoisotopic (exact) mass is 346 g/mol. The average Bonchev–Trinajstić information content (AvgIpc) is 2.47. The number of nitrogens with one attached hydrogen (secondary N) is 1. The van der Waals surface area contributed by atoms with Gasteiger partial charge in [-0.1, -0.05) is 0 Å². The molecule has 0 aliphatic rings. The van der Waals surface area contributed by atoms with Gasteiger partial charge >= 0.3 is 11.9 Å². The maximum atomic E-state index is 11.8. The number of rotatable bonds is 4. The number of ether oxygens (including phenoxy) is 2. The molecule has 2 aromatic heterocycles. The van der Waals surface area contributed by atoms with Gasteiger partial charge in [-0.25, -0.2) is 9.78 Å². The Kier molecular flexibility index (Phi) is 5.16. The fourth-order valence-corrected chi connectivity index (χ4v) is 1.82. The summed E-state index contributed by atoms with van der Waals surface area (Å²) in [6, 6.07) is 5.80. The highest BCUT2D eigenvalue weighted by molar-refractivity contribution is 5.83. The molecule has 2 aromatic rings. The van der Waals surface area contributed by atoms with Crippen LogP contribution in [0.5, 0.6) is 11.5 Å². The summed E-state index contributed by atoms with van der Waals surface area (Å²) in [6.07, 6.45) is 0.821. The Morgan fingerprint density at radius 2 is 2.00 bits per heavy atom. The topological polar surface area (TPSA) is 116 Å². The van der Waals surface area contributed by atoms with E-state index in [-0.39, 0.29) is 11.6 Å². The molecule has 0 spiro atoms. The minimum absolute atomic E-state index is 0.249. The molecule has 0 aliphatic carbocycles. The first-order chi connectivity index (χ1) is 11.6. The van der Waals surface area contributed by atoms with Crippen LogP contribution >= 0.6 is 0 Å². The van der Waals surface area contributed by atoms with E-state index in [4.69, 9.17) is 9.47 Å². The second-order valence-corrected chi connectivity index (χ2v) is 6.12. The summed E-state index contributed by atoms with van der Waals surface area (Å²) >= 11 is 0. The maximum Gasteiger partial charge on any atom is 0.413 e. The standard InChI is InChI=1S/C16H18N4O5/c1-10-12(5-6-14(18-10)20(22)23)24-11-7-8-17-13(9-11)19-15(21)25-16(2,3)4/h5-9H,1-4H3,(H,17,19,21). The fraction of sp³-hybridized carbons (Fsp3) is 0.312. The number of carbonyl (C=O) groups excluding carboxylic acids is 1. The molecule has 0 fully saturated rings. The minimum atomic E-state index is -0.634. The third-order valence-corrected chi connectivity index (χ3v) is 2.80. The van der Waals surface area contributed by atoms with Crippen molar-refractivity contribution in [1.29, 1.82) is 0 Å². The van der Waals surface area contributed by atoms with Crippen molar-refractivity contribution in [2.75, 3.05) is 5.32 Å². The molecule has 1 amide bonds. The number of nitro groups is 1.